The Morgan fingerprint density at radius 1 is 1.03 bits per heavy atom. The number of halogens is 1. The van der Waals surface area contributed by atoms with Gasteiger partial charge in [0.25, 0.3) is 5.91 Å². The summed E-state index contributed by atoms with van der Waals surface area (Å²) in [6.45, 7) is 2.01. The van der Waals surface area contributed by atoms with Crippen molar-refractivity contribution >= 4 is 23.2 Å². The summed E-state index contributed by atoms with van der Waals surface area (Å²) in [4.78, 5) is 15.7. The van der Waals surface area contributed by atoms with Gasteiger partial charge in [-0.1, -0.05) is 48.0 Å². The van der Waals surface area contributed by atoms with E-state index >= 15 is 0 Å². The van der Waals surface area contributed by atoms with Crippen molar-refractivity contribution < 1.29 is 9.53 Å². The van der Waals surface area contributed by atoms with Crippen molar-refractivity contribution in [3.8, 4) is 5.75 Å². The zero-order chi connectivity index (χ0) is 22.8. The molecule has 33 heavy (non-hydrogen) atoms. The fourth-order valence-corrected chi connectivity index (χ4v) is 4.72. The minimum atomic E-state index is -0.149. The van der Waals surface area contributed by atoms with Crippen molar-refractivity contribution in [2.75, 3.05) is 20.2 Å². The molecule has 0 spiro atoms. The number of carbonyl (C=O) groups is 1. The molecule has 1 unspecified atom stereocenters. The first kappa shape index (κ1) is 21.7. The van der Waals surface area contributed by atoms with Crippen LogP contribution in [0.4, 0.5) is 0 Å². The molecule has 168 valence electrons. The van der Waals surface area contributed by atoms with Gasteiger partial charge in [-0.05, 0) is 65.1 Å². The van der Waals surface area contributed by atoms with Gasteiger partial charge in [-0.3, -0.25) is 9.69 Å². The summed E-state index contributed by atoms with van der Waals surface area (Å²) < 4.78 is 5.28. The number of nitrogens with zero attached hydrogens (tertiary/aromatic N) is 3. The molecule has 0 saturated heterocycles. The van der Waals surface area contributed by atoms with Gasteiger partial charge in [-0.15, -0.1) is 0 Å². The van der Waals surface area contributed by atoms with E-state index < -0.39 is 0 Å². The van der Waals surface area contributed by atoms with Crippen LogP contribution >= 0.6 is 11.6 Å². The topological polar surface area (TPSA) is 45.1 Å². The number of hydrogen-bond acceptors (Lipinski definition) is 4. The maximum Gasteiger partial charge on any atom is 0.257 e. The number of methoxy groups -OCH3 is 1. The van der Waals surface area contributed by atoms with Gasteiger partial charge in [-0.2, -0.15) is 5.10 Å². The number of fused-ring (bicyclic) bond motifs is 1. The fraction of sp³-hybridized carbons (Fsp3) is 0.259. The maximum atomic E-state index is 13.5. The van der Waals surface area contributed by atoms with E-state index in [-0.39, 0.29) is 11.9 Å². The van der Waals surface area contributed by atoms with Gasteiger partial charge in [-0.25, -0.2) is 5.01 Å². The summed E-state index contributed by atoms with van der Waals surface area (Å²) in [5.41, 5.74) is 5.60. The highest BCUT2D eigenvalue weighted by molar-refractivity contribution is 6.30. The summed E-state index contributed by atoms with van der Waals surface area (Å²) in [6, 6.07) is 23.8. The number of ether oxygens (including phenoxy) is 1. The lowest BCUT2D eigenvalue weighted by atomic mass is 9.98. The largest absolute Gasteiger partial charge is 0.497 e. The van der Waals surface area contributed by atoms with E-state index in [1.54, 1.807) is 12.1 Å². The van der Waals surface area contributed by atoms with Gasteiger partial charge in [0, 0.05) is 24.5 Å². The normalized spacial score (nSPS) is 18.1. The van der Waals surface area contributed by atoms with Crippen LogP contribution in [-0.4, -0.2) is 41.7 Å². The molecule has 3 aromatic carbocycles. The van der Waals surface area contributed by atoms with Crippen LogP contribution in [-0.2, 0) is 17.8 Å². The lowest BCUT2D eigenvalue weighted by molar-refractivity contribution is -0.134. The molecule has 5 nitrogen and oxygen atoms in total. The Kier molecular flexibility index (Phi) is 6.16. The smallest absolute Gasteiger partial charge is 0.257 e. The van der Waals surface area contributed by atoms with Crippen molar-refractivity contribution in [1.29, 1.82) is 0 Å². The van der Waals surface area contributed by atoms with E-state index in [1.165, 1.54) is 11.1 Å². The average molecular weight is 460 g/mol. The first-order chi connectivity index (χ1) is 16.1. The van der Waals surface area contributed by atoms with Crippen molar-refractivity contribution in [2.24, 2.45) is 5.10 Å². The van der Waals surface area contributed by atoms with E-state index in [0.717, 1.165) is 42.1 Å². The molecule has 0 aliphatic carbocycles. The zero-order valence-corrected chi connectivity index (χ0v) is 19.3. The van der Waals surface area contributed by atoms with E-state index in [1.807, 2.05) is 48.5 Å². The summed E-state index contributed by atoms with van der Waals surface area (Å²) >= 11 is 6.11. The second-order valence-corrected chi connectivity index (χ2v) is 8.95. The number of amides is 1. The van der Waals surface area contributed by atoms with Crippen LogP contribution in [0.3, 0.4) is 0 Å². The molecule has 0 N–H and O–H groups in total. The predicted octanol–water partition coefficient (Wildman–Crippen LogP) is 5.08. The van der Waals surface area contributed by atoms with Crippen LogP contribution in [0.2, 0.25) is 5.02 Å². The van der Waals surface area contributed by atoms with Gasteiger partial charge in [0.1, 0.15) is 5.75 Å². The summed E-state index contributed by atoms with van der Waals surface area (Å²) in [7, 11) is 1.65. The Morgan fingerprint density at radius 3 is 2.48 bits per heavy atom. The Labute approximate surface area is 199 Å². The van der Waals surface area contributed by atoms with E-state index in [2.05, 4.69) is 29.2 Å². The summed E-state index contributed by atoms with van der Waals surface area (Å²) in [5, 5.41) is 7.15. The van der Waals surface area contributed by atoms with Crippen molar-refractivity contribution in [3.05, 3.63) is 100 Å². The molecule has 2 heterocycles. The van der Waals surface area contributed by atoms with Gasteiger partial charge in [0.15, 0.2) is 0 Å². The van der Waals surface area contributed by atoms with Crippen LogP contribution in [0.25, 0.3) is 0 Å². The molecule has 0 bridgehead atoms. The molecule has 0 aromatic heterocycles. The third-order valence-electron chi connectivity index (χ3n) is 6.41. The minimum absolute atomic E-state index is 0.0119. The van der Waals surface area contributed by atoms with Gasteiger partial charge < -0.3 is 4.74 Å². The second-order valence-electron chi connectivity index (χ2n) is 8.51. The van der Waals surface area contributed by atoms with Crippen LogP contribution in [0.5, 0.6) is 5.75 Å². The van der Waals surface area contributed by atoms with Crippen molar-refractivity contribution in [2.45, 2.75) is 25.4 Å². The molecule has 0 radical (unpaired) electrons. The highest BCUT2D eigenvalue weighted by Crippen LogP contribution is 2.34. The maximum absolute atomic E-state index is 13.5. The first-order valence-corrected chi connectivity index (χ1v) is 11.6. The summed E-state index contributed by atoms with van der Waals surface area (Å²) in [6.07, 6.45) is 1.62. The van der Waals surface area contributed by atoms with E-state index in [4.69, 9.17) is 21.4 Å². The van der Waals surface area contributed by atoms with Crippen molar-refractivity contribution in [1.82, 2.24) is 9.91 Å². The monoisotopic (exact) mass is 459 g/mol. The molecule has 5 rings (SSSR count). The van der Waals surface area contributed by atoms with E-state index in [0.29, 0.717) is 18.0 Å². The number of benzene rings is 3. The van der Waals surface area contributed by atoms with E-state index in [9.17, 15) is 4.79 Å². The van der Waals surface area contributed by atoms with Crippen LogP contribution in [0, 0.1) is 0 Å². The standard InChI is InChI=1S/C27H26ClN3O2/c1-33-24-12-8-20(9-13-24)25-16-26(21-6-10-23(28)11-7-21)31(29-25)27(32)18-30-15-14-19-4-2-3-5-22(19)17-30/h2-13,26H,14-18H2,1H3. The third-order valence-corrected chi connectivity index (χ3v) is 6.66. The third kappa shape index (κ3) is 4.65. The van der Waals surface area contributed by atoms with Crippen molar-refractivity contribution in [3.63, 3.8) is 0 Å². The van der Waals surface area contributed by atoms with Gasteiger partial charge in [0.05, 0.1) is 25.4 Å². The molecular formula is C27H26ClN3O2. The molecule has 1 atom stereocenters. The number of hydrazone groups is 1. The molecular weight excluding hydrogens is 434 g/mol. The quantitative estimate of drug-likeness (QED) is 0.534. The molecule has 3 aromatic rings. The number of carbonyl (C=O) groups excluding carboxylic acids is 1. The Bertz CT molecular complexity index is 1170. The highest BCUT2D eigenvalue weighted by atomic mass is 35.5. The average Bonchev–Trinajstić information content (AvgIpc) is 3.30. The van der Waals surface area contributed by atoms with Crippen LogP contribution in [0.1, 0.15) is 34.7 Å². The van der Waals surface area contributed by atoms with Crippen LogP contribution < -0.4 is 4.74 Å². The first-order valence-electron chi connectivity index (χ1n) is 11.2. The lowest BCUT2D eigenvalue weighted by Crippen LogP contribution is -2.40. The second kappa shape index (κ2) is 9.38. The molecule has 2 aliphatic heterocycles. The molecule has 6 heteroatoms. The fourth-order valence-electron chi connectivity index (χ4n) is 4.60. The Morgan fingerprint density at radius 2 is 1.76 bits per heavy atom. The van der Waals surface area contributed by atoms with Gasteiger partial charge >= 0.3 is 0 Å². The Hall–Kier alpha value is -3.15. The molecule has 1 amide bonds. The summed E-state index contributed by atoms with van der Waals surface area (Å²) in [5.74, 6) is 0.808. The number of rotatable bonds is 5. The zero-order valence-electron chi connectivity index (χ0n) is 18.6. The highest BCUT2D eigenvalue weighted by Gasteiger charge is 2.34. The van der Waals surface area contributed by atoms with Gasteiger partial charge in [0.2, 0.25) is 0 Å². The van der Waals surface area contributed by atoms with Crippen LogP contribution in [0.15, 0.2) is 77.9 Å². The Balaban J connectivity index is 1.39. The lowest BCUT2D eigenvalue weighted by Gasteiger charge is -2.30. The molecule has 0 saturated carbocycles. The predicted molar refractivity (Wildman–Crippen MR) is 131 cm³/mol. The molecule has 2 aliphatic rings. The molecule has 0 fully saturated rings. The number of hydrogen-bond donors (Lipinski definition) is 0. The minimum Gasteiger partial charge on any atom is -0.497 e. The SMILES string of the molecule is COc1ccc(C2=NN(C(=O)CN3CCc4ccccc4C3)C(c3ccc(Cl)cc3)C2)cc1.